The summed E-state index contributed by atoms with van der Waals surface area (Å²) in [6, 6.07) is 10.4. The minimum absolute atomic E-state index is 0.805. The van der Waals surface area contributed by atoms with Crippen LogP contribution in [0.25, 0.3) is 6.08 Å². The molecule has 0 saturated carbocycles. The molecule has 0 fully saturated rings. The number of quaternary nitrogens is 1. The fourth-order valence-corrected chi connectivity index (χ4v) is 1.42. The maximum absolute atomic E-state index is 4.04. The summed E-state index contributed by atoms with van der Waals surface area (Å²) in [6.07, 6.45) is 6.75. The fourth-order valence-electron chi connectivity index (χ4n) is 1.42. The molecule has 0 unspecified atom stereocenters. The summed E-state index contributed by atoms with van der Waals surface area (Å²) in [7, 11) is 8.29. The van der Waals surface area contributed by atoms with Crippen LogP contribution < -0.4 is 0 Å². The van der Waals surface area contributed by atoms with E-state index in [1.165, 1.54) is 12.0 Å². The Kier molecular flexibility index (Phi) is 4.57. The van der Waals surface area contributed by atoms with Crippen molar-refractivity contribution in [3.8, 4) is 0 Å². The average Bonchev–Trinajstić information content (AvgIpc) is 2.17. The van der Waals surface area contributed by atoms with E-state index in [0.29, 0.717) is 0 Å². The molecule has 1 aromatic rings. The van der Waals surface area contributed by atoms with Crippen LogP contribution in [0.1, 0.15) is 18.4 Å². The quantitative estimate of drug-likeness (QED) is 0.508. The highest BCUT2D eigenvalue weighted by atomic mass is 15.3. The molecule has 1 aromatic carbocycles. The first kappa shape index (κ1) is 12.0. The predicted octanol–water partition coefficient (Wildman–Crippen LogP) is 3.35. The fraction of sp³-hybridized carbons (Fsp3) is 0.357. The van der Waals surface area contributed by atoms with Gasteiger partial charge in [0, 0.05) is 6.42 Å². The number of unbranched alkanes of at least 4 members (excludes halogenated alkanes) is 1. The van der Waals surface area contributed by atoms with Gasteiger partial charge in [-0.2, -0.15) is 0 Å². The van der Waals surface area contributed by atoms with Crippen LogP contribution in [0.4, 0.5) is 0 Å². The maximum atomic E-state index is 4.04. The van der Waals surface area contributed by atoms with Crippen LogP contribution >= 0.6 is 0 Å². The highest BCUT2D eigenvalue weighted by molar-refractivity contribution is 5.48. The second kappa shape index (κ2) is 5.72. The predicted molar refractivity (Wildman–Crippen MR) is 67.0 cm³/mol. The Morgan fingerprint density at radius 1 is 1.20 bits per heavy atom. The van der Waals surface area contributed by atoms with Crippen LogP contribution in [0.3, 0.4) is 0 Å². The monoisotopic (exact) mass is 203 g/mol. The molecule has 0 bridgehead atoms. The Morgan fingerprint density at radius 2 is 1.87 bits per heavy atom. The first-order valence-electron chi connectivity index (χ1n) is 5.47. The molecule has 0 saturated heterocycles. The van der Waals surface area contributed by atoms with Crippen LogP contribution in [0, 0.1) is 7.05 Å². The molecule has 1 radical (unpaired) electrons. The third kappa shape index (κ3) is 6.08. The summed E-state index contributed by atoms with van der Waals surface area (Å²) < 4.78 is 0.805. The van der Waals surface area contributed by atoms with Crippen molar-refractivity contribution < 1.29 is 4.48 Å². The van der Waals surface area contributed by atoms with Gasteiger partial charge in [0.25, 0.3) is 0 Å². The van der Waals surface area contributed by atoms with Crippen molar-refractivity contribution in [1.29, 1.82) is 0 Å². The number of nitrogens with zero attached hydrogens (tertiary/aromatic N) is 1. The third-order valence-corrected chi connectivity index (χ3v) is 2.24. The lowest BCUT2D eigenvalue weighted by Gasteiger charge is -2.22. The summed E-state index contributed by atoms with van der Waals surface area (Å²) in [5.74, 6) is 0. The first-order chi connectivity index (χ1) is 7.08. The minimum atomic E-state index is 0.805. The molecule has 0 aliphatic heterocycles. The van der Waals surface area contributed by atoms with E-state index in [4.69, 9.17) is 0 Å². The summed E-state index contributed by atoms with van der Waals surface area (Å²) >= 11 is 0. The van der Waals surface area contributed by atoms with E-state index in [2.05, 4.69) is 57.6 Å². The van der Waals surface area contributed by atoms with E-state index in [0.717, 1.165) is 17.4 Å². The number of hydrogen-bond acceptors (Lipinski definition) is 0. The molecule has 0 aliphatic carbocycles. The lowest BCUT2D eigenvalue weighted by Crippen LogP contribution is -2.32. The Labute approximate surface area is 93.6 Å². The van der Waals surface area contributed by atoms with Crippen molar-refractivity contribution in [2.45, 2.75) is 12.8 Å². The number of hydrogen-bond donors (Lipinski definition) is 0. The summed E-state index contributed by atoms with van der Waals surface area (Å²) in [5.41, 5.74) is 1.28. The van der Waals surface area contributed by atoms with E-state index in [1.54, 1.807) is 0 Å². The van der Waals surface area contributed by atoms with Crippen molar-refractivity contribution in [2.24, 2.45) is 0 Å². The lowest BCUT2D eigenvalue weighted by molar-refractivity contribution is -0.845. The van der Waals surface area contributed by atoms with E-state index in [1.807, 2.05) is 6.07 Å². The van der Waals surface area contributed by atoms with Gasteiger partial charge < -0.3 is 4.48 Å². The molecule has 1 rings (SSSR count). The van der Waals surface area contributed by atoms with Crippen molar-refractivity contribution in [3.05, 3.63) is 49.0 Å². The van der Waals surface area contributed by atoms with Gasteiger partial charge in [0.1, 0.15) is 7.05 Å². The van der Waals surface area contributed by atoms with Gasteiger partial charge in [0.2, 0.25) is 0 Å². The van der Waals surface area contributed by atoms with Crippen LogP contribution in [0.5, 0.6) is 0 Å². The Bertz CT molecular complexity index is 293. The minimum Gasteiger partial charge on any atom is -0.324 e. The second-order valence-corrected chi connectivity index (χ2v) is 4.61. The molecule has 0 atom stereocenters. The molecule has 0 aromatic heterocycles. The van der Waals surface area contributed by atoms with Crippen LogP contribution in [0.15, 0.2) is 36.4 Å². The zero-order valence-corrected chi connectivity index (χ0v) is 9.82. The van der Waals surface area contributed by atoms with Crippen LogP contribution in [-0.2, 0) is 0 Å². The van der Waals surface area contributed by atoms with Crippen LogP contribution in [-0.4, -0.2) is 25.1 Å². The molecule has 81 valence electrons. The molecule has 1 heteroatoms. The molecule has 1 nitrogen and oxygen atoms in total. The summed E-state index contributed by atoms with van der Waals surface area (Å²) in [6.45, 7) is 1.12. The third-order valence-electron chi connectivity index (χ3n) is 2.24. The highest BCUT2D eigenvalue weighted by Crippen LogP contribution is 2.04. The SMILES string of the molecule is [CH2][N+](C)(C)CCC/C=C/c1ccccc1. The van der Waals surface area contributed by atoms with E-state index < -0.39 is 0 Å². The second-order valence-electron chi connectivity index (χ2n) is 4.61. The van der Waals surface area contributed by atoms with Gasteiger partial charge in [-0.15, -0.1) is 0 Å². The van der Waals surface area contributed by atoms with Gasteiger partial charge in [-0.25, -0.2) is 0 Å². The van der Waals surface area contributed by atoms with E-state index >= 15 is 0 Å². The summed E-state index contributed by atoms with van der Waals surface area (Å²) in [4.78, 5) is 0. The number of allylic oxidation sites excluding steroid dienone is 1. The van der Waals surface area contributed by atoms with Crippen LogP contribution in [0.2, 0.25) is 0 Å². The molecule has 0 N–H and O–H groups in total. The molecular formula is C14H21N+. The van der Waals surface area contributed by atoms with Crippen molar-refractivity contribution in [3.63, 3.8) is 0 Å². The van der Waals surface area contributed by atoms with E-state index in [9.17, 15) is 0 Å². The molecule has 0 aliphatic rings. The van der Waals surface area contributed by atoms with Gasteiger partial charge in [-0.3, -0.25) is 0 Å². The van der Waals surface area contributed by atoms with E-state index in [-0.39, 0.29) is 0 Å². The molecule has 0 heterocycles. The van der Waals surface area contributed by atoms with Crippen molar-refractivity contribution in [2.75, 3.05) is 20.6 Å². The highest BCUT2D eigenvalue weighted by Gasteiger charge is 2.04. The average molecular weight is 203 g/mol. The topological polar surface area (TPSA) is 0 Å². The Balaban J connectivity index is 2.24. The van der Waals surface area contributed by atoms with Gasteiger partial charge in [-0.1, -0.05) is 42.5 Å². The molecule has 0 amide bonds. The van der Waals surface area contributed by atoms with Gasteiger partial charge in [0.15, 0.2) is 0 Å². The molecule has 15 heavy (non-hydrogen) atoms. The van der Waals surface area contributed by atoms with Crippen molar-refractivity contribution in [1.82, 2.24) is 0 Å². The maximum Gasteiger partial charge on any atom is 0.128 e. The number of rotatable bonds is 5. The number of benzene rings is 1. The zero-order valence-electron chi connectivity index (χ0n) is 9.82. The van der Waals surface area contributed by atoms with Crippen molar-refractivity contribution >= 4 is 6.08 Å². The largest absolute Gasteiger partial charge is 0.324 e. The Hall–Kier alpha value is -1.08. The van der Waals surface area contributed by atoms with Gasteiger partial charge in [-0.05, 0) is 12.0 Å². The zero-order chi connectivity index (χ0) is 11.1. The smallest absolute Gasteiger partial charge is 0.128 e. The Morgan fingerprint density at radius 3 is 2.47 bits per heavy atom. The molecule has 0 spiro atoms. The standard InChI is InChI=1S/C14H21N/c1-15(2,3)13-9-5-8-12-14-10-6-4-7-11-14/h4,6-8,10-12H,1,5,9,13H2,2-3H3/q+1/b12-8+. The summed E-state index contributed by atoms with van der Waals surface area (Å²) in [5, 5.41) is 0. The van der Waals surface area contributed by atoms with Gasteiger partial charge in [0.05, 0.1) is 20.6 Å². The van der Waals surface area contributed by atoms with Gasteiger partial charge >= 0.3 is 0 Å². The first-order valence-corrected chi connectivity index (χ1v) is 5.47. The normalized spacial score (nSPS) is 12.2. The lowest BCUT2D eigenvalue weighted by atomic mass is 10.2. The molecular weight excluding hydrogens is 182 g/mol.